The van der Waals surface area contributed by atoms with Crippen molar-refractivity contribution in [2.24, 2.45) is 0 Å². The summed E-state index contributed by atoms with van der Waals surface area (Å²) in [5.41, 5.74) is 0. The Balaban J connectivity index is 2.21. The van der Waals surface area contributed by atoms with E-state index in [1.165, 1.54) is 7.11 Å². The van der Waals surface area contributed by atoms with Crippen LogP contribution in [0, 0.1) is 0 Å². The quantitative estimate of drug-likeness (QED) is 0.492. The molecule has 0 radical (unpaired) electrons. The maximum Gasteiger partial charge on any atom is 0.321 e. The molecule has 1 aliphatic rings. The van der Waals surface area contributed by atoms with Gasteiger partial charge in [0.25, 0.3) is 0 Å². The third-order valence-electron chi connectivity index (χ3n) is 2.64. The largest absolute Gasteiger partial charge is 0.394 e. The minimum absolute atomic E-state index is 0.0738. The van der Waals surface area contributed by atoms with Crippen LogP contribution in [0.15, 0.2) is 0 Å². The maximum absolute atomic E-state index is 11.6. The van der Waals surface area contributed by atoms with Gasteiger partial charge in [-0.3, -0.25) is 15.0 Å². The Morgan fingerprint density at radius 1 is 1.53 bits per heavy atom. The molecule has 1 unspecified atom stereocenters. The molecule has 110 valence electrons. The van der Waals surface area contributed by atoms with E-state index < -0.39 is 6.03 Å². The molecule has 0 aromatic rings. The molecule has 8 nitrogen and oxygen atoms in total. The number of aliphatic hydroxyl groups excluding tert-OH is 1. The Labute approximate surface area is 112 Å². The van der Waals surface area contributed by atoms with E-state index in [0.717, 1.165) is 0 Å². The van der Waals surface area contributed by atoms with Crippen molar-refractivity contribution in [2.75, 3.05) is 53.1 Å². The van der Waals surface area contributed by atoms with Gasteiger partial charge in [-0.1, -0.05) is 0 Å². The molecule has 8 heteroatoms. The summed E-state index contributed by atoms with van der Waals surface area (Å²) in [5, 5.41) is 13.7. The van der Waals surface area contributed by atoms with Gasteiger partial charge in [-0.25, -0.2) is 4.79 Å². The highest BCUT2D eigenvalue weighted by Gasteiger charge is 2.21. The van der Waals surface area contributed by atoms with Gasteiger partial charge in [0.05, 0.1) is 32.5 Å². The molecule has 3 amide bonds. The minimum atomic E-state index is -0.533. The summed E-state index contributed by atoms with van der Waals surface area (Å²) in [4.78, 5) is 24.7. The van der Waals surface area contributed by atoms with Crippen molar-refractivity contribution in [3.63, 3.8) is 0 Å². The van der Waals surface area contributed by atoms with Crippen LogP contribution in [0.3, 0.4) is 0 Å². The summed E-state index contributed by atoms with van der Waals surface area (Å²) in [5.74, 6) is -0.381. The van der Waals surface area contributed by atoms with Crippen molar-refractivity contribution in [1.82, 2.24) is 15.5 Å². The van der Waals surface area contributed by atoms with Gasteiger partial charge < -0.3 is 19.9 Å². The number of ether oxygens (including phenoxy) is 2. The Bertz CT molecular complexity index is 300. The van der Waals surface area contributed by atoms with Gasteiger partial charge in [-0.2, -0.15) is 0 Å². The number of nitrogens with zero attached hydrogens (tertiary/aromatic N) is 1. The Kier molecular flexibility index (Phi) is 7.34. The summed E-state index contributed by atoms with van der Waals surface area (Å²) in [6, 6.07) is -0.533. The molecule has 0 aliphatic carbocycles. The molecule has 1 rings (SSSR count). The first-order valence-electron chi connectivity index (χ1n) is 6.17. The van der Waals surface area contributed by atoms with Gasteiger partial charge >= 0.3 is 6.03 Å². The van der Waals surface area contributed by atoms with Gasteiger partial charge in [-0.15, -0.1) is 0 Å². The molecule has 0 aromatic carbocycles. The van der Waals surface area contributed by atoms with Crippen molar-refractivity contribution in [3.8, 4) is 0 Å². The van der Waals surface area contributed by atoms with Crippen molar-refractivity contribution in [3.05, 3.63) is 0 Å². The van der Waals surface area contributed by atoms with Crippen LogP contribution in [0.2, 0.25) is 0 Å². The Morgan fingerprint density at radius 3 is 3.00 bits per heavy atom. The SMILES string of the molecule is COCCNC(=O)NC(=O)CN1CCOC(CO)C1. The molecular formula is C11H21N3O5. The van der Waals surface area contributed by atoms with Crippen LogP contribution in [-0.4, -0.2) is 81.2 Å². The maximum atomic E-state index is 11.6. The second-order valence-corrected chi connectivity index (χ2v) is 4.21. The van der Waals surface area contributed by atoms with Crippen LogP contribution in [0.4, 0.5) is 4.79 Å². The zero-order valence-electron chi connectivity index (χ0n) is 11.1. The number of imide groups is 1. The third kappa shape index (κ3) is 6.48. The predicted octanol–water partition coefficient (Wildman–Crippen LogP) is -1.85. The van der Waals surface area contributed by atoms with E-state index in [-0.39, 0.29) is 25.2 Å². The number of urea groups is 1. The van der Waals surface area contributed by atoms with Crippen LogP contribution in [0.25, 0.3) is 0 Å². The lowest BCUT2D eigenvalue weighted by atomic mass is 10.3. The number of carbonyl (C=O) groups excluding carboxylic acids is 2. The van der Waals surface area contributed by atoms with Gasteiger partial charge in [0.2, 0.25) is 5.91 Å². The van der Waals surface area contributed by atoms with E-state index in [2.05, 4.69) is 10.6 Å². The molecule has 1 aliphatic heterocycles. The van der Waals surface area contributed by atoms with Gasteiger partial charge in [-0.05, 0) is 0 Å². The van der Waals surface area contributed by atoms with Crippen molar-refractivity contribution < 1.29 is 24.2 Å². The molecule has 19 heavy (non-hydrogen) atoms. The number of hydrogen-bond donors (Lipinski definition) is 3. The number of carbonyl (C=O) groups is 2. The molecule has 1 fully saturated rings. The fraction of sp³-hybridized carbons (Fsp3) is 0.818. The number of aliphatic hydroxyl groups is 1. The van der Waals surface area contributed by atoms with Crippen molar-refractivity contribution in [1.29, 1.82) is 0 Å². The van der Waals surface area contributed by atoms with Crippen LogP contribution >= 0.6 is 0 Å². The highest BCUT2D eigenvalue weighted by molar-refractivity contribution is 5.95. The first-order chi connectivity index (χ1) is 9.15. The molecule has 0 bridgehead atoms. The first kappa shape index (κ1) is 15.8. The number of nitrogens with one attached hydrogen (secondary N) is 2. The lowest BCUT2D eigenvalue weighted by Gasteiger charge is -2.31. The fourth-order valence-corrected chi connectivity index (χ4v) is 1.71. The molecule has 0 saturated carbocycles. The number of morpholine rings is 1. The summed E-state index contributed by atoms with van der Waals surface area (Å²) < 4.78 is 10.0. The molecule has 1 atom stereocenters. The van der Waals surface area contributed by atoms with Crippen LogP contribution < -0.4 is 10.6 Å². The second-order valence-electron chi connectivity index (χ2n) is 4.21. The van der Waals surface area contributed by atoms with E-state index in [4.69, 9.17) is 14.6 Å². The van der Waals surface area contributed by atoms with E-state index >= 15 is 0 Å². The zero-order chi connectivity index (χ0) is 14.1. The number of amides is 3. The summed E-state index contributed by atoms with van der Waals surface area (Å²) >= 11 is 0. The Morgan fingerprint density at radius 2 is 2.32 bits per heavy atom. The highest BCUT2D eigenvalue weighted by Crippen LogP contribution is 2.03. The number of rotatable bonds is 6. The summed E-state index contributed by atoms with van der Waals surface area (Å²) in [6.45, 7) is 2.33. The van der Waals surface area contributed by atoms with Crippen molar-refractivity contribution >= 4 is 11.9 Å². The van der Waals surface area contributed by atoms with Crippen LogP contribution in [-0.2, 0) is 14.3 Å². The monoisotopic (exact) mass is 275 g/mol. The summed E-state index contributed by atoms with van der Waals surface area (Å²) in [7, 11) is 1.53. The molecule has 1 saturated heterocycles. The van der Waals surface area contributed by atoms with Crippen LogP contribution in [0.1, 0.15) is 0 Å². The lowest BCUT2D eigenvalue weighted by Crippen LogP contribution is -2.50. The first-order valence-corrected chi connectivity index (χ1v) is 6.17. The molecule has 3 N–H and O–H groups in total. The lowest BCUT2D eigenvalue weighted by molar-refractivity contribution is -0.123. The van der Waals surface area contributed by atoms with E-state index in [1.807, 2.05) is 4.90 Å². The van der Waals surface area contributed by atoms with Gasteiger partial charge in [0.15, 0.2) is 0 Å². The average molecular weight is 275 g/mol. The van der Waals surface area contributed by atoms with Crippen molar-refractivity contribution in [2.45, 2.75) is 6.10 Å². The smallest absolute Gasteiger partial charge is 0.321 e. The number of hydrogen-bond acceptors (Lipinski definition) is 6. The predicted molar refractivity (Wildman–Crippen MR) is 66.7 cm³/mol. The zero-order valence-corrected chi connectivity index (χ0v) is 11.1. The molecular weight excluding hydrogens is 254 g/mol. The topological polar surface area (TPSA) is 100 Å². The fourth-order valence-electron chi connectivity index (χ4n) is 1.71. The molecule has 0 aromatic heterocycles. The van der Waals surface area contributed by atoms with E-state index in [9.17, 15) is 9.59 Å². The second kappa shape index (κ2) is 8.81. The standard InChI is InChI=1S/C11H21N3O5/c1-18-4-2-12-11(17)13-10(16)7-14-3-5-19-9(6-14)8-15/h9,15H,2-8H2,1H3,(H2,12,13,16,17). The number of methoxy groups -OCH3 is 1. The van der Waals surface area contributed by atoms with Crippen LogP contribution in [0.5, 0.6) is 0 Å². The normalized spacial score (nSPS) is 20.0. The van der Waals surface area contributed by atoms with E-state index in [1.54, 1.807) is 0 Å². The van der Waals surface area contributed by atoms with Gasteiger partial charge in [0, 0.05) is 26.7 Å². The van der Waals surface area contributed by atoms with E-state index in [0.29, 0.717) is 32.8 Å². The summed E-state index contributed by atoms with van der Waals surface area (Å²) in [6.07, 6.45) is -0.267. The molecule has 1 heterocycles. The Hall–Kier alpha value is -1.22. The average Bonchev–Trinajstić information content (AvgIpc) is 2.39. The highest BCUT2D eigenvalue weighted by atomic mass is 16.5. The third-order valence-corrected chi connectivity index (χ3v) is 2.64. The molecule has 0 spiro atoms. The van der Waals surface area contributed by atoms with Gasteiger partial charge in [0.1, 0.15) is 0 Å². The minimum Gasteiger partial charge on any atom is -0.394 e.